The lowest BCUT2D eigenvalue weighted by Crippen LogP contribution is -2.14. The molecule has 19 heavy (non-hydrogen) atoms. The predicted octanol–water partition coefficient (Wildman–Crippen LogP) is 4.45. The fourth-order valence-corrected chi connectivity index (χ4v) is 2.45. The molecular weight excluding hydrogens is 261 g/mol. The zero-order chi connectivity index (χ0) is 14.2. The van der Waals surface area contributed by atoms with E-state index in [9.17, 15) is 4.39 Å². The molecule has 0 heterocycles. The van der Waals surface area contributed by atoms with Gasteiger partial charge in [-0.2, -0.15) is 0 Å². The third-order valence-electron chi connectivity index (χ3n) is 3.38. The summed E-state index contributed by atoms with van der Waals surface area (Å²) >= 11 is 6.12. The lowest BCUT2D eigenvalue weighted by atomic mass is 9.93. The van der Waals surface area contributed by atoms with Gasteiger partial charge in [-0.3, -0.25) is 0 Å². The van der Waals surface area contributed by atoms with Gasteiger partial charge in [0.15, 0.2) is 0 Å². The Bertz CT molecular complexity index is 622. The quantitative estimate of drug-likeness (QED) is 0.862. The molecule has 2 N–H and O–H groups in total. The van der Waals surface area contributed by atoms with Gasteiger partial charge in [-0.25, -0.2) is 4.39 Å². The molecule has 0 fully saturated rings. The van der Waals surface area contributed by atoms with Crippen molar-refractivity contribution in [2.24, 2.45) is 5.73 Å². The van der Waals surface area contributed by atoms with Crippen molar-refractivity contribution >= 4 is 11.6 Å². The van der Waals surface area contributed by atoms with E-state index in [1.165, 1.54) is 6.07 Å². The molecule has 0 amide bonds. The molecule has 1 unspecified atom stereocenters. The van der Waals surface area contributed by atoms with Gasteiger partial charge < -0.3 is 5.73 Å². The monoisotopic (exact) mass is 277 g/mol. The van der Waals surface area contributed by atoms with Gasteiger partial charge in [0.05, 0.1) is 6.04 Å². The molecule has 100 valence electrons. The van der Waals surface area contributed by atoms with Crippen molar-refractivity contribution in [3.8, 4) is 0 Å². The Morgan fingerprint density at radius 3 is 2.37 bits per heavy atom. The highest BCUT2D eigenvalue weighted by Crippen LogP contribution is 2.30. The van der Waals surface area contributed by atoms with E-state index in [2.05, 4.69) is 6.07 Å². The van der Waals surface area contributed by atoms with E-state index < -0.39 is 0 Å². The van der Waals surface area contributed by atoms with E-state index in [0.717, 1.165) is 22.3 Å². The number of nitrogens with two attached hydrogens (primary N) is 1. The molecule has 0 saturated heterocycles. The van der Waals surface area contributed by atoms with Gasteiger partial charge in [0, 0.05) is 5.02 Å². The van der Waals surface area contributed by atoms with Crippen molar-refractivity contribution in [1.29, 1.82) is 0 Å². The summed E-state index contributed by atoms with van der Waals surface area (Å²) in [6.07, 6.45) is 0. The minimum absolute atomic E-state index is 0.304. The summed E-state index contributed by atoms with van der Waals surface area (Å²) in [7, 11) is 0. The average Bonchev–Trinajstić information content (AvgIpc) is 2.36. The smallest absolute Gasteiger partial charge is 0.127 e. The molecule has 0 aromatic heterocycles. The third-order valence-corrected chi connectivity index (χ3v) is 3.71. The van der Waals surface area contributed by atoms with E-state index in [1.54, 1.807) is 13.0 Å². The molecular formula is C16H17ClFN. The number of rotatable bonds is 2. The van der Waals surface area contributed by atoms with Crippen molar-refractivity contribution in [3.63, 3.8) is 0 Å². The van der Waals surface area contributed by atoms with Crippen LogP contribution >= 0.6 is 11.6 Å². The van der Waals surface area contributed by atoms with Gasteiger partial charge in [-0.1, -0.05) is 35.4 Å². The highest BCUT2D eigenvalue weighted by atomic mass is 35.5. The second kappa shape index (κ2) is 5.32. The molecule has 0 aliphatic rings. The lowest BCUT2D eigenvalue weighted by Gasteiger charge is -2.18. The van der Waals surface area contributed by atoms with Crippen molar-refractivity contribution in [2.75, 3.05) is 0 Å². The van der Waals surface area contributed by atoms with Gasteiger partial charge in [-0.05, 0) is 55.2 Å². The molecule has 3 heteroatoms. The molecule has 2 rings (SSSR count). The minimum Gasteiger partial charge on any atom is -0.320 e. The van der Waals surface area contributed by atoms with Gasteiger partial charge >= 0.3 is 0 Å². The summed E-state index contributed by atoms with van der Waals surface area (Å²) in [6, 6.07) is 8.85. The highest BCUT2D eigenvalue weighted by molar-refractivity contribution is 6.31. The first kappa shape index (κ1) is 14.0. The van der Waals surface area contributed by atoms with E-state index in [4.69, 9.17) is 17.3 Å². The molecule has 0 radical (unpaired) electrons. The Labute approximate surface area is 118 Å². The molecule has 0 spiro atoms. The number of aryl methyl sites for hydroxylation is 3. The zero-order valence-corrected chi connectivity index (χ0v) is 12.1. The van der Waals surface area contributed by atoms with Crippen LogP contribution in [-0.2, 0) is 0 Å². The Hall–Kier alpha value is -1.38. The molecule has 0 aliphatic heterocycles. The first-order valence-corrected chi connectivity index (χ1v) is 6.56. The van der Waals surface area contributed by atoms with Gasteiger partial charge in [0.2, 0.25) is 0 Å². The molecule has 1 atom stereocenters. The van der Waals surface area contributed by atoms with Crippen LogP contribution in [0.4, 0.5) is 4.39 Å². The molecule has 2 aromatic rings. The fraction of sp³-hybridized carbons (Fsp3) is 0.250. The van der Waals surface area contributed by atoms with Crippen molar-refractivity contribution in [3.05, 3.63) is 69.0 Å². The van der Waals surface area contributed by atoms with Crippen LogP contribution in [0.5, 0.6) is 0 Å². The second-order valence-corrected chi connectivity index (χ2v) is 5.37. The van der Waals surface area contributed by atoms with E-state index in [0.29, 0.717) is 10.6 Å². The SMILES string of the molecule is Cc1ccc(C)c(C(N)c2cc(C)c(F)cc2Cl)c1. The zero-order valence-electron chi connectivity index (χ0n) is 11.3. The van der Waals surface area contributed by atoms with Crippen LogP contribution in [-0.4, -0.2) is 0 Å². The summed E-state index contributed by atoms with van der Waals surface area (Å²) in [4.78, 5) is 0. The van der Waals surface area contributed by atoms with Crippen LogP contribution < -0.4 is 5.73 Å². The normalized spacial score (nSPS) is 12.5. The Balaban J connectivity index is 2.52. The van der Waals surface area contributed by atoms with Crippen LogP contribution in [0.15, 0.2) is 30.3 Å². The summed E-state index contributed by atoms with van der Waals surface area (Å²) in [5.74, 6) is -0.304. The Morgan fingerprint density at radius 2 is 1.68 bits per heavy atom. The van der Waals surface area contributed by atoms with Gasteiger partial charge in [-0.15, -0.1) is 0 Å². The Morgan fingerprint density at radius 1 is 1.00 bits per heavy atom. The van der Waals surface area contributed by atoms with Crippen molar-refractivity contribution < 1.29 is 4.39 Å². The number of halogens is 2. The first-order chi connectivity index (χ1) is 8.90. The first-order valence-electron chi connectivity index (χ1n) is 6.18. The van der Waals surface area contributed by atoms with Crippen LogP contribution in [0.2, 0.25) is 5.02 Å². The molecule has 1 nitrogen and oxygen atoms in total. The number of benzene rings is 2. The van der Waals surface area contributed by atoms with E-state index in [-0.39, 0.29) is 11.9 Å². The number of hydrogen-bond donors (Lipinski definition) is 1. The minimum atomic E-state index is -0.341. The molecule has 0 bridgehead atoms. The highest BCUT2D eigenvalue weighted by Gasteiger charge is 2.16. The van der Waals surface area contributed by atoms with Crippen molar-refractivity contribution in [2.45, 2.75) is 26.8 Å². The number of hydrogen-bond acceptors (Lipinski definition) is 1. The second-order valence-electron chi connectivity index (χ2n) is 4.96. The van der Waals surface area contributed by atoms with Crippen LogP contribution in [0.25, 0.3) is 0 Å². The third kappa shape index (κ3) is 2.80. The van der Waals surface area contributed by atoms with Gasteiger partial charge in [0.25, 0.3) is 0 Å². The molecule has 0 aliphatic carbocycles. The summed E-state index contributed by atoms with van der Waals surface area (Å²) in [6.45, 7) is 5.75. The largest absolute Gasteiger partial charge is 0.320 e. The van der Waals surface area contributed by atoms with Crippen LogP contribution in [0.3, 0.4) is 0 Å². The topological polar surface area (TPSA) is 26.0 Å². The molecule has 2 aromatic carbocycles. The summed E-state index contributed by atoms with van der Waals surface area (Å²) < 4.78 is 13.4. The summed E-state index contributed by atoms with van der Waals surface area (Å²) in [5, 5.41) is 0.372. The summed E-state index contributed by atoms with van der Waals surface area (Å²) in [5.41, 5.74) is 10.9. The van der Waals surface area contributed by atoms with Crippen LogP contribution in [0.1, 0.15) is 33.9 Å². The maximum absolute atomic E-state index is 13.4. The van der Waals surface area contributed by atoms with Gasteiger partial charge in [0.1, 0.15) is 5.82 Å². The average molecular weight is 278 g/mol. The Kier molecular flexibility index (Phi) is 3.93. The maximum atomic E-state index is 13.4. The lowest BCUT2D eigenvalue weighted by molar-refractivity contribution is 0.617. The van der Waals surface area contributed by atoms with E-state index >= 15 is 0 Å². The standard InChI is InChI=1S/C16H17ClFN/c1-9-4-5-10(2)12(6-9)16(19)13-7-11(3)15(18)8-14(13)17/h4-8,16H,19H2,1-3H3. The fourth-order valence-electron chi connectivity index (χ4n) is 2.18. The maximum Gasteiger partial charge on any atom is 0.127 e. The van der Waals surface area contributed by atoms with Crippen molar-refractivity contribution in [1.82, 2.24) is 0 Å². The predicted molar refractivity (Wildman–Crippen MR) is 78.1 cm³/mol. The van der Waals surface area contributed by atoms with Crippen LogP contribution in [0, 0.1) is 26.6 Å². The van der Waals surface area contributed by atoms with E-state index in [1.807, 2.05) is 26.0 Å². The molecule has 0 saturated carbocycles.